The van der Waals surface area contributed by atoms with Crippen LogP contribution in [0.4, 0.5) is 0 Å². The van der Waals surface area contributed by atoms with Crippen molar-refractivity contribution in [1.82, 2.24) is 4.90 Å². The van der Waals surface area contributed by atoms with E-state index in [0.29, 0.717) is 29.3 Å². The third-order valence-electron chi connectivity index (χ3n) is 5.21. The summed E-state index contributed by atoms with van der Waals surface area (Å²) in [5, 5.41) is 0. The van der Waals surface area contributed by atoms with E-state index in [1.165, 1.54) is 0 Å². The van der Waals surface area contributed by atoms with Crippen molar-refractivity contribution in [3.8, 4) is 5.75 Å². The highest BCUT2D eigenvalue weighted by Crippen LogP contribution is 2.22. The van der Waals surface area contributed by atoms with Crippen LogP contribution in [-0.4, -0.2) is 35.8 Å². The molecule has 1 fully saturated rings. The van der Waals surface area contributed by atoms with Gasteiger partial charge in [-0.3, -0.25) is 9.59 Å². The zero-order valence-electron chi connectivity index (χ0n) is 16.1. The summed E-state index contributed by atoms with van der Waals surface area (Å²) in [5.41, 5.74) is 13.2. The van der Waals surface area contributed by atoms with E-state index < -0.39 is 5.91 Å². The second-order valence-corrected chi connectivity index (χ2v) is 7.36. The summed E-state index contributed by atoms with van der Waals surface area (Å²) < 4.78 is 5.77. The highest BCUT2D eigenvalue weighted by molar-refractivity contribution is 5.95. The fourth-order valence-electron chi connectivity index (χ4n) is 3.56. The third kappa shape index (κ3) is 4.70. The lowest BCUT2D eigenvalue weighted by Gasteiger charge is -2.34. The predicted octanol–water partition coefficient (Wildman–Crippen LogP) is 2.56. The van der Waals surface area contributed by atoms with Gasteiger partial charge in [-0.05, 0) is 55.5 Å². The van der Waals surface area contributed by atoms with Crippen molar-refractivity contribution in [2.24, 2.45) is 17.4 Å². The van der Waals surface area contributed by atoms with Crippen molar-refractivity contribution in [2.75, 3.05) is 13.1 Å². The molecule has 1 aliphatic heterocycles. The van der Waals surface area contributed by atoms with Crippen LogP contribution in [0.25, 0.3) is 0 Å². The van der Waals surface area contributed by atoms with Gasteiger partial charge >= 0.3 is 0 Å². The van der Waals surface area contributed by atoms with Crippen LogP contribution in [-0.2, 0) is 6.61 Å². The summed E-state index contributed by atoms with van der Waals surface area (Å²) in [6.45, 7) is 3.70. The Morgan fingerprint density at radius 1 is 1.21 bits per heavy atom. The Kier molecular flexibility index (Phi) is 6.31. The Labute approximate surface area is 165 Å². The molecule has 1 aliphatic rings. The van der Waals surface area contributed by atoms with E-state index in [4.69, 9.17) is 16.2 Å². The molecule has 0 spiro atoms. The van der Waals surface area contributed by atoms with Gasteiger partial charge in [-0.1, -0.05) is 24.3 Å². The van der Waals surface area contributed by atoms with Crippen LogP contribution in [0.3, 0.4) is 0 Å². The maximum Gasteiger partial charge on any atom is 0.253 e. The predicted molar refractivity (Wildman–Crippen MR) is 108 cm³/mol. The zero-order valence-corrected chi connectivity index (χ0v) is 16.1. The zero-order chi connectivity index (χ0) is 20.1. The Balaban J connectivity index is 1.69. The molecule has 1 saturated heterocycles. The quantitative estimate of drug-likeness (QED) is 0.803. The maximum atomic E-state index is 12.9. The van der Waals surface area contributed by atoms with Crippen LogP contribution in [0.2, 0.25) is 0 Å². The lowest BCUT2D eigenvalue weighted by molar-refractivity contribution is 0.0660. The second-order valence-electron chi connectivity index (χ2n) is 7.36. The Hall–Kier alpha value is -2.86. The second kappa shape index (κ2) is 8.89. The summed E-state index contributed by atoms with van der Waals surface area (Å²) >= 11 is 0. The maximum absolute atomic E-state index is 12.9. The molecule has 0 aliphatic carbocycles. The largest absolute Gasteiger partial charge is 0.488 e. The molecule has 6 heteroatoms. The van der Waals surface area contributed by atoms with Gasteiger partial charge in [0, 0.05) is 24.7 Å². The van der Waals surface area contributed by atoms with Crippen molar-refractivity contribution < 1.29 is 14.3 Å². The molecular weight excluding hydrogens is 354 g/mol. The first kappa shape index (κ1) is 19.9. The molecule has 0 radical (unpaired) electrons. The Bertz CT molecular complexity index is 850. The molecule has 2 aromatic carbocycles. The molecule has 0 unspecified atom stereocenters. The number of ether oxygens (including phenoxy) is 1. The molecule has 3 rings (SSSR count). The number of rotatable bonds is 6. The third-order valence-corrected chi connectivity index (χ3v) is 5.21. The molecule has 4 N–H and O–H groups in total. The molecule has 0 aromatic heterocycles. The fraction of sp³-hybridized carbons (Fsp3) is 0.364. The van der Waals surface area contributed by atoms with Crippen LogP contribution in [0.1, 0.15) is 46.0 Å². The van der Waals surface area contributed by atoms with Crippen LogP contribution >= 0.6 is 0 Å². The number of hydrogen-bond donors (Lipinski definition) is 2. The first-order chi connectivity index (χ1) is 13.5. The number of carbonyl (C=O) groups excluding carboxylic acids is 2. The van der Waals surface area contributed by atoms with Crippen LogP contribution < -0.4 is 16.2 Å². The molecule has 6 nitrogen and oxygen atoms in total. The molecule has 28 heavy (non-hydrogen) atoms. The van der Waals surface area contributed by atoms with Crippen molar-refractivity contribution in [1.29, 1.82) is 0 Å². The number of hydrogen-bond acceptors (Lipinski definition) is 4. The molecule has 2 atom stereocenters. The summed E-state index contributed by atoms with van der Waals surface area (Å²) in [6, 6.07) is 14.3. The smallest absolute Gasteiger partial charge is 0.253 e. The average Bonchev–Trinajstić information content (AvgIpc) is 2.72. The average molecular weight is 381 g/mol. The summed E-state index contributed by atoms with van der Waals surface area (Å²) in [5.74, 6) is 0.259. The molecule has 148 valence electrons. The summed E-state index contributed by atoms with van der Waals surface area (Å²) in [6.07, 6.45) is 2.04. The number of para-hydroxylation sites is 1. The minimum Gasteiger partial charge on any atom is -0.488 e. The monoisotopic (exact) mass is 381 g/mol. The molecule has 0 saturated carbocycles. The topological polar surface area (TPSA) is 98.7 Å². The van der Waals surface area contributed by atoms with Gasteiger partial charge < -0.3 is 21.1 Å². The van der Waals surface area contributed by atoms with E-state index in [2.05, 4.69) is 0 Å². The van der Waals surface area contributed by atoms with Gasteiger partial charge in [0.05, 0.1) is 5.56 Å². The number of amides is 2. The number of carbonyl (C=O) groups is 2. The van der Waals surface area contributed by atoms with Crippen molar-refractivity contribution in [2.45, 2.75) is 32.4 Å². The number of benzene rings is 2. The lowest BCUT2D eigenvalue weighted by Crippen LogP contribution is -2.45. The Morgan fingerprint density at radius 3 is 2.75 bits per heavy atom. The van der Waals surface area contributed by atoms with Crippen molar-refractivity contribution >= 4 is 11.8 Å². The highest BCUT2D eigenvalue weighted by atomic mass is 16.5. The highest BCUT2D eigenvalue weighted by Gasteiger charge is 2.26. The van der Waals surface area contributed by atoms with Gasteiger partial charge in [0.1, 0.15) is 12.4 Å². The minimum atomic E-state index is -0.534. The number of nitrogens with two attached hydrogens (primary N) is 2. The van der Waals surface area contributed by atoms with E-state index in [1.54, 1.807) is 24.3 Å². The molecule has 2 aromatic rings. The van der Waals surface area contributed by atoms with Crippen LogP contribution in [0, 0.1) is 5.92 Å². The molecular formula is C22H27N3O3. The van der Waals surface area contributed by atoms with Gasteiger partial charge in [0.2, 0.25) is 0 Å². The van der Waals surface area contributed by atoms with E-state index in [9.17, 15) is 9.59 Å². The summed E-state index contributed by atoms with van der Waals surface area (Å²) in [7, 11) is 0. The van der Waals surface area contributed by atoms with Crippen molar-refractivity contribution in [3.05, 3.63) is 65.2 Å². The fourth-order valence-corrected chi connectivity index (χ4v) is 3.56. The van der Waals surface area contributed by atoms with Gasteiger partial charge in [-0.25, -0.2) is 0 Å². The standard InChI is InChI=1S/C22H27N3O3/c1-15(23)18-8-5-11-25(13-18)22(27)17-7-4-6-16(12-17)14-28-20-10-3-2-9-19(20)21(24)26/h2-4,6-7,9-10,12,15,18H,5,8,11,13-14,23H2,1H3,(H2,24,26)/t15-,18-/m0/s1. The van der Waals surface area contributed by atoms with E-state index >= 15 is 0 Å². The number of likely N-dealkylation sites (tertiary alicyclic amines) is 1. The normalized spacial score (nSPS) is 17.8. The summed E-state index contributed by atoms with van der Waals surface area (Å²) in [4.78, 5) is 26.3. The van der Waals surface area contributed by atoms with Crippen LogP contribution in [0.5, 0.6) is 5.75 Å². The lowest BCUT2D eigenvalue weighted by atomic mass is 9.92. The van der Waals surface area contributed by atoms with E-state index in [0.717, 1.165) is 24.9 Å². The number of piperidine rings is 1. The van der Waals surface area contributed by atoms with Gasteiger partial charge in [-0.15, -0.1) is 0 Å². The molecule has 1 heterocycles. The molecule has 2 amide bonds. The SMILES string of the molecule is C[C@H](N)[C@H]1CCCN(C(=O)c2cccc(COc3ccccc3C(N)=O)c2)C1. The van der Waals surface area contributed by atoms with E-state index in [-0.39, 0.29) is 18.6 Å². The van der Waals surface area contributed by atoms with Gasteiger partial charge in [0.25, 0.3) is 11.8 Å². The first-order valence-corrected chi connectivity index (χ1v) is 9.61. The first-order valence-electron chi connectivity index (χ1n) is 9.61. The minimum absolute atomic E-state index is 0.0183. The van der Waals surface area contributed by atoms with E-state index in [1.807, 2.05) is 36.1 Å². The number of primary amides is 1. The number of nitrogens with zero attached hydrogens (tertiary/aromatic N) is 1. The van der Waals surface area contributed by atoms with Crippen LogP contribution in [0.15, 0.2) is 48.5 Å². The van der Waals surface area contributed by atoms with Gasteiger partial charge in [0.15, 0.2) is 0 Å². The molecule has 0 bridgehead atoms. The van der Waals surface area contributed by atoms with Gasteiger partial charge in [-0.2, -0.15) is 0 Å². The van der Waals surface area contributed by atoms with Crippen molar-refractivity contribution in [3.63, 3.8) is 0 Å². The Morgan fingerprint density at radius 2 is 2.00 bits per heavy atom.